The number of nitrogens with zero attached hydrogens (tertiary/aromatic N) is 2. The second-order valence-corrected chi connectivity index (χ2v) is 5.12. The lowest BCUT2D eigenvalue weighted by atomic mass is 10.1. The Labute approximate surface area is 119 Å². The van der Waals surface area contributed by atoms with Gasteiger partial charge in [-0.3, -0.25) is 5.41 Å². The van der Waals surface area contributed by atoms with Gasteiger partial charge in [0.15, 0.2) is 0 Å². The van der Waals surface area contributed by atoms with E-state index in [1.165, 1.54) is 11.1 Å². The summed E-state index contributed by atoms with van der Waals surface area (Å²) in [6.07, 6.45) is 0. The highest BCUT2D eigenvalue weighted by Gasteiger charge is 2.11. The number of amidine groups is 1. The number of anilines is 2. The Morgan fingerprint density at radius 1 is 1.15 bits per heavy atom. The number of nitrogen functional groups attached to an aromatic ring is 1. The van der Waals surface area contributed by atoms with Crippen LogP contribution in [-0.4, -0.2) is 17.9 Å². The third kappa shape index (κ3) is 2.79. The molecule has 1 heterocycles. The van der Waals surface area contributed by atoms with Gasteiger partial charge in [0.25, 0.3) is 0 Å². The van der Waals surface area contributed by atoms with E-state index in [2.05, 4.69) is 37.0 Å². The predicted octanol–water partition coefficient (Wildman–Crippen LogP) is 3.06. The minimum absolute atomic E-state index is 0.0609. The molecule has 0 radical (unpaired) electrons. The molecule has 0 amide bonds. The normalized spacial score (nSPS) is 10.4. The van der Waals surface area contributed by atoms with Gasteiger partial charge in [-0.15, -0.1) is 0 Å². The first-order valence-electron chi connectivity index (χ1n) is 6.52. The Hall–Kier alpha value is -2.36. The second kappa shape index (κ2) is 5.33. The fourth-order valence-electron chi connectivity index (χ4n) is 2.28. The van der Waals surface area contributed by atoms with Gasteiger partial charge in [-0.05, 0) is 44.5 Å². The zero-order valence-corrected chi connectivity index (χ0v) is 12.4. The smallest absolute Gasteiger partial charge is 0.133 e. The van der Waals surface area contributed by atoms with Gasteiger partial charge in [0.05, 0.1) is 0 Å². The topological polar surface area (TPSA) is 66.0 Å². The Morgan fingerprint density at radius 3 is 2.45 bits per heavy atom. The molecule has 3 N–H and O–H groups in total. The number of benzene rings is 1. The van der Waals surface area contributed by atoms with Gasteiger partial charge >= 0.3 is 0 Å². The molecule has 2 aromatic rings. The van der Waals surface area contributed by atoms with Gasteiger partial charge in [-0.1, -0.05) is 17.7 Å². The number of aromatic nitrogens is 1. The molecule has 0 atom stereocenters. The lowest BCUT2D eigenvalue weighted by molar-refractivity contribution is 1.08. The van der Waals surface area contributed by atoms with E-state index in [4.69, 9.17) is 11.1 Å². The fraction of sp³-hybridized carbons (Fsp3) is 0.250. The molecule has 0 unspecified atom stereocenters. The number of aryl methyl sites for hydroxylation is 3. The van der Waals surface area contributed by atoms with Crippen LogP contribution in [0.1, 0.15) is 22.4 Å². The average Bonchev–Trinajstić information content (AvgIpc) is 2.37. The first-order valence-corrected chi connectivity index (χ1v) is 6.52. The Morgan fingerprint density at radius 2 is 1.85 bits per heavy atom. The molecule has 4 heteroatoms. The van der Waals surface area contributed by atoms with Crippen LogP contribution >= 0.6 is 0 Å². The molecule has 0 spiro atoms. The first-order chi connectivity index (χ1) is 9.38. The van der Waals surface area contributed by atoms with E-state index in [-0.39, 0.29) is 5.84 Å². The average molecular weight is 268 g/mol. The summed E-state index contributed by atoms with van der Waals surface area (Å²) >= 11 is 0. The largest absolute Gasteiger partial charge is 0.384 e. The maximum atomic E-state index is 7.58. The molecule has 2 rings (SSSR count). The summed E-state index contributed by atoms with van der Waals surface area (Å²) in [5.41, 5.74) is 10.7. The molecule has 1 aromatic heterocycles. The van der Waals surface area contributed by atoms with Gasteiger partial charge in [0.1, 0.15) is 11.7 Å². The van der Waals surface area contributed by atoms with E-state index in [0.29, 0.717) is 5.56 Å². The van der Waals surface area contributed by atoms with Crippen molar-refractivity contribution in [1.82, 2.24) is 4.98 Å². The van der Waals surface area contributed by atoms with Crippen LogP contribution in [0.25, 0.3) is 0 Å². The van der Waals surface area contributed by atoms with E-state index in [1.807, 2.05) is 31.0 Å². The number of hydrogen-bond acceptors (Lipinski definition) is 3. The van der Waals surface area contributed by atoms with Crippen LogP contribution in [0.4, 0.5) is 11.5 Å². The molecule has 1 aromatic carbocycles. The molecule has 0 fully saturated rings. The highest BCUT2D eigenvalue weighted by molar-refractivity contribution is 5.95. The third-order valence-electron chi connectivity index (χ3n) is 3.31. The molecule has 0 aliphatic rings. The van der Waals surface area contributed by atoms with E-state index >= 15 is 0 Å². The van der Waals surface area contributed by atoms with Crippen LogP contribution in [0.2, 0.25) is 0 Å². The summed E-state index contributed by atoms with van der Waals surface area (Å²) in [7, 11) is 1.98. The fourth-order valence-corrected chi connectivity index (χ4v) is 2.28. The minimum Gasteiger partial charge on any atom is -0.384 e. The maximum Gasteiger partial charge on any atom is 0.133 e. The first kappa shape index (κ1) is 14.1. The van der Waals surface area contributed by atoms with Crippen molar-refractivity contribution in [3.63, 3.8) is 0 Å². The number of nitrogens with one attached hydrogen (secondary N) is 1. The molecular weight excluding hydrogens is 248 g/mol. The molecule has 0 bridgehead atoms. The highest BCUT2D eigenvalue weighted by atomic mass is 15.2. The van der Waals surface area contributed by atoms with Crippen molar-refractivity contribution < 1.29 is 0 Å². The summed E-state index contributed by atoms with van der Waals surface area (Å²) in [4.78, 5) is 6.55. The lowest BCUT2D eigenvalue weighted by Crippen LogP contribution is -2.16. The summed E-state index contributed by atoms with van der Waals surface area (Å²) in [5, 5.41) is 7.58. The van der Waals surface area contributed by atoms with Crippen LogP contribution < -0.4 is 10.6 Å². The van der Waals surface area contributed by atoms with E-state index < -0.39 is 0 Å². The Kier molecular flexibility index (Phi) is 3.74. The van der Waals surface area contributed by atoms with Crippen LogP contribution in [-0.2, 0) is 0 Å². The van der Waals surface area contributed by atoms with Crippen molar-refractivity contribution in [1.29, 1.82) is 5.41 Å². The van der Waals surface area contributed by atoms with Gasteiger partial charge in [0, 0.05) is 24.0 Å². The van der Waals surface area contributed by atoms with Crippen LogP contribution in [0.5, 0.6) is 0 Å². The standard InChI is InChI=1S/C16H20N4/c1-10-5-6-14(11(2)7-10)20(4)15-9-13(16(17)18)8-12(3)19-15/h5-9H,1-4H3,(H3,17,18). The number of hydrogen-bond donors (Lipinski definition) is 2. The molecule has 0 aliphatic carbocycles. The number of pyridine rings is 1. The van der Waals surface area contributed by atoms with Gasteiger partial charge in [-0.25, -0.2) is 4.98 Å². The van der Waals surface area contributed by atoms with Crippen molar-refractivity contribution in [2.45, 2.75) is 20.8 Å². The lowest BCUT2D eigenvalue weighted by Gasteiger charge is -2.22. The Bertz CT molecular complexity index is 662. The summed E-state index contributed by atoms with van der Waals surface area (Å²) in [6.45, 7) is 6.07. The molecule has 20 heavy (non-hydrogen) atoms. The van der Waals surface area contributed by atoms with E-state index in [0.717, 1.165) is 17.2 Å². The van der Waals surface area contributed by atoms with Gasteiger partial charge in [-0.2, -0.15) is 0 Å². The monoisotopic (exact) mass is 268 g/mol. The molecular formula is C16H20N4. The number of rotatable bonds is 3. The summed E-state index contributed by atoms with van der Waals surface area (Å²) in [6, 6.07) is 9.98. The number of nitrogens with two attached hydrogens (primary N) is 1. The molecule has 104 valence electrons. The van der Waals surface area contributed by atoms with Gasteiger partial charge in [0.2, 0.25) is 0 Å². The van der Waals surface area contributed by atoms with Crippen LogP contribution in [0, 0.1) is 26.2 Å². The van der Waals surface area contributed by atoms with E-state index in [1.54, 1.807) is 0 Å². The molecule has 0 aliphatic heterocycles. The van der Waals surface area contributed by atoms with Crippen molar-refractivity contribution in [2.75, 3.05) is 11.9 Å². The van der Waals surface area contributed by atoms with Crippen molar-refractivity contribution >= 4 is 17.3 Å². The highest BCUT2D eigenvalue weighted by Crippen LogP contribution is 2.26. The molecule has 0 saturated heterocycles. The zero-order chi connectivity index (χ0) is 14.9. The van der Waals surface area contributed by atoms with Crippen LogP contribution in [0.15, 0.2) is 30.3 Å². The van der Waals surface area contributed by atoms with Crippen molar-refractivity contribution in [3.8, 4) is 0 Å². The maximum absolute atomic E-state index is 7.58. The SMILES string of the molecule is Cc1ccc(N(C)c2cc(C(=N)N)cc(C)n2)c(C)c1. The molecule has 4 nitrogen and oxygen atoms in total. The summed E-state index contributed by atoms with van der Waals surface area (Å²) < 4.78 is 0. The van der Waals surface area contributed by atoms with E-state index in [9.17, 15) is 0 Å². The summed E-state index contributed by atoms with van der Waals surface area (Å²) in [5.74, 6) is 0.855. The second-order valence-electron chi connectivity index (χ2n) is 5.12. The van der Waals surface area contributed by atoms with Gasteiger partial charge < -0.3 is 10.6 Å². The molecule has 0 saturated carbocycles. The van der Waals surface area contributed by atoms with Crippen LogP contribution in [0.3, 0.4) is 0 Å². The minimum atomic E-state index is 0.0609. The zero-order valence-electron chi connectivity index (χ0n) is 12.4. The van der Waals surface area contributed by atoms with Crippen molar-refractivity contribution in [3.05, 3.63) is 52.7 Å². The third-order valence-corrected chi connectivity index (χ3v) is 3.31. The predicted molar refractivity (Wildman–Crippen MR) is 84.0 cm³/mol. The Balaban J connectivity index is 2.47. The van der Waals surface area contributed by atoms with Crippen molar-refractivity contribution in [2.24, 2.45) is 5.73 Å². The quantitative estimate of drug-likeness (QED) is 0.664.